The van der Waals surface area contributed by atoms with Crippen molar-refractivity contribution in [3.8, 4) is 0 Å². The van der Waals surface area contributed by atoms with Crippen molar-refractivity contribution in [1.82, 2.24) is 15.5 Å². The molecule has 4 amide bonds. The minimum atomic E-state index is -0.951. The molecule has 2 heterocycles. The molecule has 1 saturated carbocycles. The summed E-state index contributed by atoms with van der Waals surface area (Å²) >= 11 is 6.35. The molecule has 2 saturated heterocycles. The molecule has 0 radical (unpaired) electrons. The second kappa shape index (κ2) is 11.7. The number of hydrogen-bond donors (Lipinski definition) is 3. The number of anilines is 1. The minimum absolute atomic E-state index is 0.00662. The van der Waals surface area contributed by atoms with Gasteiger partial charge in [0.1, 0.15) is 18.1 Å². The third-order valence-corrected chi connectivity index (χ3v) is 7.96. The molecule has 12 heteroatoms. The SMILES string of the molecule is CCO[C@@H]1OC(=O)CC1NC(=O)[C@@H]1[C@H]2CC[C@@H](C2)N1C(=O)[C@@H](NC(=O)c1ccc(NC(C)=O)cc1Cl)C(C)(C)C. The largest absolute Gasteiger partial charge is 0.433 e. The number of likely N-dealkylation sites (tertiary alicyclic amines) is 1. The molecule has 0 aromatic heterocycles. The van der Waals surface area contributed by atoms with Crippen molar-refractivity contribution in [2.45, 2.75) is 90.8 Å². The molecule has 11 nitrogen and oxygen atoms in total. The first-order valence-corrected chi connectivity index (χ1v) is 14.0. The number of benzene rings is 1. The highest BCUT2D eigenvalue weighted by molar-refractivity contribution is 6.34. The van der Waals surface area contributed by atoms with Crippen molar-refractivity contribution in [2.75, 3.05) is 11.9 Å². The van der Waals surface area contributed by atoms with E-state index in [1.807, 2.05) is 20.8 Å². The summed E-state index contributed by atoms with van der Waals surface area (Å²) in [4.78, 5) is 65.9. The van der Waals surface area contributed by atoms with Gasteiger partial charge in [0.25, 0.3) is 5.91 Å². The Morgan fingerprint density at radius 2 is 1.93 bits per heavy atom. The van der Waals surface area contributed by atoms with Gasteiger partial charge in [0.2, 0.25) is 24.0 Å². The number of halogens is 1. The summed E-state index contributed by atoms with van der Waals surface area (Å²) in [5, 5.41) is 8.48. The van der Waals surface area contributed by atoms with Gasteiger partial charge >= 0.3 is 5.97 Å². The maximum absolute atomic E-state index is 14.1. The Morgan fingerprint density at radius 1 is 1.20 bits per heavy atom. The van der Waals surface area contributed by atoms with Gasteiger partial charge in [-0.15, -0.1) is 0 Å². The lowest BCUT2D eigenvalue weighted by Crippen LogP contribution is -2.62. The number of carbonyl (C=O) groups is 5. The predicted molar refractivity (Wildman–Crippen MR) is 146 cm³/mol. The molecule has 0 spiro atoms. The second-order valence-electron chi connectivity index (χ2n) is 11.7. The Balaban J connectivity index is 1.54. The van der Waals surface area contributed by atoms with E-state index in [1.54, 1.807) is 17.9 Å². The lowest BCUT2D eigenvalue weighted by atomic mass is 9.84. The van der Waals surface area contributed by atoms with Crippen LogP contribution in [0.15, 0.2) is 18.2 Å². The number of ether oxygens (including phenoxy) is 2. The van der Waals surface area contributed by atoms with Crippen molar-refractivity contribution >= 4 is 46.9 Å². The molecule has 1 aromatic carbocycles. The van der Waals surface area contributed by atoms with Gasteiger partial charge in [-0.2, -0.15) is 0 Å². The van der Waals surface area contributed by atoms with E-state index in [1.165, 1.54) is 19.1 Å². The monoisotopic (exact) mass is 576 g/mol. The molecular weight excluding hydrogens is 540 g/mol. The van der Waals surface area contributed by atoms with E-state index >= 15 is 0 Å². The number of fused-ring (bicyclic) bond motifs is 2. The quantitative estimate of drug-likeness (QED) is 0.404. The first-order chi connectivity index (χ1) is 18.8. The number of nitrogens with zero attached hydrogens (tertiary/aromatic N) is 1. The van der Waals surface area contributed by atoms with E-state index in [2.05, 4.69) is 16.0 Å². The van der Waals surface area contributed by atoms with Crippen molar-refractivity contribution in [2.24, 2.45) is 11.3 Å². The average Bonchev–Trinajstić information content (AvgIpc) is 3.56. The highest BCUT2D eigenvalue weighted by atomic mass is 35.5. The lowest BCUT2D eigenvalue weighted by Gasteiger charge is -2.40. The zero-order chi connectivity index (χ0) is 29.4. The van der Waals surface area contributed by atoms with Crippen LogP contribution in [0.25, 0.3) is 0 Å². The van der Waals surface area contributed by atoms with E-state index in [-0.39, 0.29) is 46.7 Å². The summed E-state index contributed by atoms with van der Waals surface area (Å²) in [6, 6.07) is 2.07. The number of esters is 1. The topological polar surface area (TPSA) is 143 Å². The van der Waals surface area contributed by atoms with Crippen LogP contribution in [-0.4, -0.2) is 71.6 Å². The number of rotatable bonds is 8. The van der Waals surface area contributed by atoms with E-state index in [0.717, 1.165) is 12.8 Å². The molecular formula is C28H37ClN4O7. The summed E-state index contributed by atoms with van der Waals surface area (Å²) in [6.45, 7) is 8.98. The van der Waals surface area contributed by atoms with Crippen molar-refractivity contribution in [1.29, 1.82) is 0 Å². The molecule has 4 rings (SSSR count). The zero-order valence-electron chi connectivity index (χ0n) is 23.4. The van der Waals surface area contributed by atoms with Crippen molar-refractivity contribution < 1.29 is 33.4 Å². The number of amides is 4. The normalized spacial score (nSPS) is 26.3. The number of carbonyl (C=O) groups excluding carboxylic acids is 5. The van der Waals surface area contributed by atoms with Gasteiger partial charge in [0, 0.05) is 25.3 Å². The minimum Gasteiger partial charge on any atom is -0.433 e. The maximum Gasteiger partial charge on any atom is 0.310 e. The van der Waals surface area contributed by atoms with Crippen molar-refractivity contribution in [3.05, 3.63) is 28.8 Å². The van der Waals surface area contributed by atoms with E-state index in [9.17, 15) is 24.0 Å². The van der Waals surface area contributed by atoms with Gasteiger partial charge in [-0.1, -0.05) is 32.4 Å². The van der Waals surface area contributed by atoms with E-state index in [4.69, 9.17) is 21.1 Å². The van der Waals surface area contributed by atoms with Crippen LogP contribution >= 0.6 is 11.6 Å². The standard InChI is InChI=1S/C28H37ClN4O7/c1-6-39-27-20(13-21(35)40-27)31-25(37)22-15-7-9-17(11-15)33(22)26(38)23(28(3,4)5)32-24(36)18-10-8-16(12-19(18)29)30-14(2)34/h8,10,12,15,17,20,22-23,27H,6-7,9,11,13H2,1-5H3,(H,30,34)(H,31,37)(H,32,36)/t15-,17-,20?,22-,23+,27+/m0/s1. The Kier molecular flexibility index (Phi) is 8.75. The van der Waals surface area contributed by atoms with Gasteiger partial charge in [0.15, 0.2) is 0 Å². The molecule has 3 N–H and O–H groups in total. The fourth-order valence-corrected chi connectivity index (χ4v) is 6.13. The predicted octanol–water partition coefficient (Wildman–Crippen LogP) is 2.62. The average molecular weight is 577 g/mol. The summed E-state index contributed by atoms with van der Waals surface area (Å²) in [5.41, 5.74) is -0.0902. The van der Waals surface area contributed by atoms with Crippen LogP contribution in [0.1, 0.15) is 70.7 Å². The van der Waals surface area contributed by atoms with Gasteiger partial charge in [0.05, 0.1) is 17.0 Å². The number of hydrogen-bond acceptors (Lipinski definition) is 7. The maximum atomic E-state index is 14.1. The Labute approximate surface area is 238 Å². The Hall–Kier alpha value is -3.18. The molecule has 6 atom stereocenters. The molecule has 1 unspecified atom stereocenters. The number of nitrogens with one attached hydrogen (secondary N) is 3. The second-order valence-corrected chi connectivity index (χ2v) is 12.1. The van der Waals surface area contributed by atoms with E-state index < -0.39 is 41.7 Å². The van der Waals surface area contributed by atoms with Crippen LogP contribution in [0.5, 0.6) is 0 Å². The van der Waals surface area contributed by atoms with E-state index in [0.29, 0.717) is 18.7 Å². The van der Waals surface area contributed by atoms with Crippen LogP contribution in [0.2, 0.25) is 5.02 Å². The number of cyclic esters (lactones) is 1. The highest BCUT2D eigenvalue weighted by Gasteiger charge is 2.54. The number of piperidine rings is 1. The van der Waals surface area contributed by atoms with Gasteiger partial charge < -0.3 is 30.3 Å². The summed E-state index contributed by atoms with van der Waals surface area (Å²) < 4.78 is 10.7. The molecule has 2 aliphatic heterocycles. The van der Waals surface area contributed by atoms with Crippen LogP contribution in [0, 0.1) is 11.3 Å². The summed E-state index contributed by atoms with van der Waals surface area (Å²) in [7, 11) is 0. The Morgan fingerprint density at radius 3 is 2.55 bits per heavy atom. The first-order valence-electron chi connectivity index (χ1n) is 13.6. The lowest BCUT2D eigenvalue weighted by molar-refractivity contribution is -0.165. The van der Waals surface area contributed by atoms with Gasteiger partial charge in [-0.05, 0) is 55.7 Å². The first kappa shape index (κ1) is 29.8. The fraction of sp³-hybridized carbons (Fsp3) is 0.607. The van der Waals surface area contributed by atoms with Crippen LogP contribution in [0.4, 0.5) is 5.69 Å². The van der Waals surface area contributed by atoms with Crippen LogP contribution in [-0.2, 0) is 28.7 Å². The molecule has 1 aromatic rings. The molecule has 3 fully saturated rings. The third-order valence-electron chi connectivity index (χ3n) is 7.65. The third kappa shape index (κ3) is 6.25. The molecule has 3 aliphatic rings. The highest BCUT2D eigenvalue weighted by Crippen LogP contribution is 2.44. The van der Waals surface area contributed by atoms with Crippen LogP contribution in [0.3, 0.4) is 0 Å². The smallest absolute Gasteiger partial charge is 0.310 e. The van der Waals surface area contributed by atoms with Gasteiger partial charge in [-0.25, -0.2) is 0 Å². The van der Waals surface area contributed by atoms with Crippen LogP contribution < -0.4 is 16.0 Å². The molecule has 1 aliphatic carbocycles. The summed E-state index contributed by atoms with van der Waals surface area (Å²) in [5.74, 6) is -2.00. The molecule has 2 bridgehead atoms. The summed E-state index contributed by atoms with van der Waals surface area (Å²) in [6.07, 6.45) is 1.40. The molecule has 40 heavy (non-hydrogen) atoms. The van der Waals surface area contributed by atoms with Gasteiger partial charge in [-0.3, -0.25) is 24.0 Å². The Bertz CT molecular complexity index is 1200. The fourth-order valence-electron chi connectivity index (χ4n) is 5.87. The zero-order valence-corrected chi connectivity index (χ0v) is 24.2. The van der Waals surface area contributed by atoms with Crippen molar-refractivity contribution in [3.63, 3.8) is 0 Å². The molecule has 218 valence electrons.